The third kappa shape index (κ3) is 4.54. The van der Waals surface area contributed by atoms with Crippen LogP contribution in [0.25, 0.3) is 16.7 Å². The highest BCUT2D eigenvalue weighted by Gasteiger charge is 2.14. The first-order valence-corrected chi connectivity index (χ1v) is 10.2. The van der Waals surface area contributed by atoms with E-state index in [2.05, 4.69) is 50.9 Å². The van der Waals surface area contributed by atoms with Gasteiger partial charge in [-0.15, -0.1) is 0 Å². The lowest BCUT2D eigenvalue weighted by molar-refractivity contribution is 0.644. The third-order valence-electron chi connectivity index (χ3n) is 4.78. The number of nitrogen functional groups attached to an aromatic ring is 1. The van der Waals surface area contributed by atoms with Gasteiger partial charge in [0.2, 0.25) is 5.95 Å². The van der Waals surface area contributed by atoms with E-state index < -0.39 is 5.69 Å². The molecule has 31 heavy (non-hydrogen) atoms. The van der Waals surface area contributed by atoms with E-state index in [1.807, 2.05) is 19.9 Å². The van der Waals surface area contributed by atoms with Crippen LogP contribution in [0, 0.1) is 0 Å². The summed E-state index contributed by atoms with van der Waals surface area (Å²) in [5.74, 6) is 0.537. The Morgan fingerprint density at radius 1 is 1.26 bits per heavy atom. The van der Waals surface area contributed by atoms with Crippen molar-refractivity contribution in [3.63, 3.8) is 0 Å². The number of nitrogens with one attached hydrogen (secondary N) is 2. The molecule has 1 aromatic carbocycles. The molecule has 0 atom stereocenters. The summed E-state index contributed by atoms with van der Waals surface area (Å²) in [5, 5.41) is 7.01. The zero-order valence-corrected chi connectivity index (χ0v) is 17.9. The highest BCUT2D eigenvalue weighted by Crippen LogP contribution is 2.23. The van der Waals surface area contributed by atoms with E-state index in [-0.39, 0.29) is 11.5 Å². The molecule has 0 saturated carbocycles. The first kappa shape index (κ1) is 21.9. The molecule has 0 amide bonds. The van der Waals surface area contributed by atoms with Gasteiger partial charge in [0.1, 0.15) is 5.82 Å². The lowest BCUT2D eigenvalue weighted by Crippen LogP contribution is -2.25. The van der Waals surface area contributed by atoms with Crippen LogP contribution < -0.4 is 22.1 Å². The Morgan fingerprint density at radius 2 is 2.06 bits per heavy atom. The van der Waals surface area contributed by atoms with Gasteiger partial charge >= 0.3 is 5.69 Å². The van der Waals surface area contributed by atoms with Crippen molar-refractivity contribution in [1.29, 1.82) is 0 Å². The number of benzene rings is 1. The predicted octanol–water partition coefficient (Wildman–Crippen LogP) is 3.40. The Kier molecular flexibility index (Phi) is 6.94. The highest BCUT2D eigenvalue weighted by atomic mass is 16.1. The lowest BCUT2D eigenvalue weighted by Gasteiger charge is -2.18. The summed E-state index contributed by atoms with van der Waals surface area (Å²) in [5.41, 5.74) is 9.81. The number of allylic oxidation sites excluding steroid dienone is 4. The average Bonchev–Trinajstić information content (AvgIpc) is 2.79. The van der Waals surface area contributed by atoms with Gasteiger partial charge in [-0.25, -0.2) is 14.3 Å². The van der Waals surface area contributed by atoms with E-state index in [1.165, 1.54) is 21.8 Å². The van der Waals surface area contributed by atoms with E-state index in [0.717, 1.165) is 25.2 Å². The Bertz CT molecular complexity index is 1210. The molecule has 0 fully saturated rings. The van der Waals surface area contributed by atoms with Crippen LogP contribution in [0.2, 0.25) is 0 Å². The van der Waals surface area contributed by atoms with Crippen LogP contribution >= 0.6 is 0 Å². The second-order valence-electron chi connectivity index (χ2n) is 6.61. The van der Waals surface area contributed by atoms with E-state index in [4.69, 9.17) is 5.73 Å². The number of nitrogens with two attached hydrogens (primary N) is 1. The van der Waals surface area contributed by atoms with Crippen LogP contribution in [0.5, 0.6) is 0 Å². The van der Waals surface area contributed by atoms with Crippen molar-refractivity contribution >= 4 is 34.2 Å². The van der Waals surface area contributed by atoms with Crippen molar-refractivity contribution in [2.24, 2.45) is 0 Å². The van der Waals surface area contributed by atoms with Crippen LogP contribution in [-0.4, -0.2) is 26.1 Å². The number of anilines is 3. The van der Waals surface area contributed by atoms with Crippen LogP contribution in [-0.2, 0) is 13.0 Å². The summed E-state index contributed by atoms with van der Waals surface area (Å²) < 4.78 is 1.25. The number of hydrogen-bond donors (Lipinski definition) is 3. The Balaban J connectivity index is 0.00000132. The Labute approximate surface area is 181 Å². The van der Waals surface area contributed by atoms with E-state index in [0.29, 0.717) is 17.0 Å². The lowest BCUT2D eigenvalue weighted by atomic mass is 10.0. The number of nitrogens with zero attached hydrogens (tertiary/aromatic N) is 4. The van der Waals surface area contributed by atoms with Crippen molar-refractivity contribution in [3.05, 3.63) is 77.4 Å². The molecule has 0 aliphatic carbocycles. The molecule has 0 spiro atoms. The summed E-state index contributed by atoms with van der Waals surface area (Å²) in [7, 11) is 0. The number of rotatable bonds is 5. The molecule has 0 unspecified atom stereocenters. The summed E-state index contributed by atoms with van der Waals surface area (Å²) in [6.45, 7) is 13.2. The molecule has 2 aromatic heterocycles. The molecule has 1 aliphatic rings. The molecule has 4 rings (SSSR count). The van der Waals surface area contributed by atoms with Gasteiger partial charge in [-0.1, -0.05) is 39.1 Å². The normalized spacial score (nSPS) is 13.0. The summed E-state index contributed by atoms with van der Waals surface area (Å²) in [4.78, 5) is 25.3. The van der Waals surface area contributed by atoms with Gasteiger partial charge in [0.05, 0.1) is 11.1 Å². The first-order valence-electron chi connectivity index (χ1n) is 10.2. The molecular formula is C23H27N7O. The smallest absolute Gasteiger partial charge is 0.355 e. The third-order valence-corrected chi connectivity index (χ3v) is 4.78. The van der Waals surface area contributed by atoms with Crippen molar-refractivity contribution in [2.75, 3.05) is 17.6 Å². The van der Waals surface area contributed by atoms with Crippen molar-refractivity contribution in [2.45, 2.75) is 26.8 Å². The maximum Gasteiger partial charge on any atom is 0.355 e. The largest absolute Gasteiger partial charge is 0.384 e. The van der Waals surface area contributed by atoms with Gasteiger partial charge < -0.3 is 16.4 Å². The molecule has 0 saturated heterocycles. The van der Waals surface area contributed by atoms with E-state index in [9.17, 15) is 4.79 Å². The second-order valence-corrected chi connectivity index (χ2v) is 6.61. The fraction of sp³-hybridized carbons (Fsp3) is 0.217. The molecule has 160 valence electrons. The minimum absolute atomic E-state index is 0.194. The fourth-order valence-electron chi connectivity index (χ4n) is 3.35. The first-order chi connectivity index (χ1) is 15.1. The molecule has 3 heterocycles. The molecular weight excluding hydrogens is 390 g/mol. The molecule has 3 aromatic rings. The predicted molar refractivity (Wildman–Crippen MR) is 127 cm³/mol. The second kappa shape index (κ2) is 9.82. The summed E-state index contributed by atoms with van der Waals surface area (Å²) >= 11 is 0. The molecule has 8 heteroatoms. The van der Waals surface area contributed by atoms with Crippen LogP contribution in [0.3, 0.4) is 0 Å². The van der Waals surface area contributed by atoms with Crippen LogP contribution in [0.4, 0.5) is 17.5 Å². The standard InChI is InChI=1S/C21H21N7O.C2H6/c1-3-5-16(4-2)28-18(22)17-12-24-20(26-19(17)27-21(28)29)25-15-7-6-13-8-9-23-11-14(13)10-15;1-2/h3-7,10,12,23H,1-2,8-9,11,22H2,(H,25,26,27,29);1-2H3/b16-5+;. The molecule has 1 aliphatic heterocycles. The van der Waals surface area contributed by atoms with E-state index in [1.54, 1.807) is 18.3 Å². The number of aromatic nitrogens is 4. The topological polar surface area (TPSA) is 111 Å². The fourth-order valence-corrected chi connectivity index (χ4v) is 3.35. The zero-order valence-electron chi connectivity index (χ0n) is 17.9. The molecule has 4 N–H and O–H groups in total. The van der Waals surface area contributed by atoms with Crippen molar-refractivity contribution < 1.29 is 0 Å². The monoisotopic (exact) mass is 417 g/mol. The van der Waals surface area contributed by atoms with Gasteiger partial charge in [-0.2, -0.15) is 9.97 Å². The number of fused-ring (bicyclic) bond motifs is 2. The van der Waals surface area contributed by atoms with Gasteiger partial charge in [-0.3, -0.25) is 0 Å². The minimum atomic E-state index is -0.549. The van der Waals surface area contributed by atoms with Crippen molar-refractivity contribution in [3.8, 4) is 0 Å². The SMILES string of the molecule is C=C/C=C(\C=C)n1c(N)c2cnc(Nc3ccc4c(c3)CNCC4)nc2nc1=O.CC. The zero-order chi connectivity index (χ0) is 22.4. The Hall–Kier alpha value is -3.78. The van der Waals surface area contributed by atoms with Crippen molar-refractivity contribution in [1.82, 2.24) is 24.8 Å². The number of hydrogen-bond acceptors (Lipinski definition) is 7. The van der Waals surface area contributed by atoms with Crippen LogP contribution in [0.15, 0.2) is 60.6 Å². The van der Waals surface area contributed by atoms with Gasteiger partial charge in [0.25, 0.3) is 0 Å². The summed E-state index contributed by atoms with van der Waals surface area (Å²) in [6, 6.07) is 6.18. The molecule has 0 radical (unpaired) electrons. The van der Waals surface area contributed by atoms with Crippen LogP contribution in [0.1, 0.15) is 25.0 Å². The molecule has 8 nitrogen and oxygen atoms in total. The van der Waals surface area contributed by atoms with Gasteiger partial charge in [-0.05, 0) is 48.4 Å². The maximum absolute atomic E-state index is 12.5. The minimum Gasteiger partial charge on any atom is -0.384 e. The highest BCUT2D eigenvalue weighted by molar-refractivity contribution is 5.87. The Morgan fingerprint density at radius 3 is 2.81 bits per heavy atom. The van der Waals surface area contributed by atoms with E-state index >= 15 is 0 Å². The average molecular weight is 418 g/mol. The molecule has 0 bridgehead atoms. The maximum atomic E-state index is 12.5. The van der Waals surface area contributed by atoms with Gasteiger partial charge in [0.15, 0.2) is 5.65 Å². The quantitative estimate of drug-likeness (QED) is 0.546. The summed E-state index contributed by atoms with van der Waals surface area (Å²) in [6.07, 6.45) is 7.25. The van der Waals surface area contributed by atoms with Gasteiger partial charge in [0, 0.05) is 18.4 Å².